The van der Waals surface area contributed by atoms with Crippen LogP contribution in [0.4, 0.5) is 0 Å². The fraction of sp³-hybridized carbons (Fsp3) is 0.273. The second-order valence-electron chi connectivity index (χ2n) is 3.20. The van der Waals surface area contributed by atoms with E-state index in [-0.39, 0.29) is 40.0 Å². The number of carbonyl (C=O) groups is 3. The van der Waals surface area contributed by atoms with E-state index >= 15 is 0 Å². The molecule has 0 aromatic heterocycles. The van der Waals surface area contributed by atoms with Gasteiger partial charge in [0.25, 0.3) is 0 Å². The van der Waals surface area contributed by atoms with Crippen molar-refractivity contribution in [3.8, 4) is 0 Å². The van der Waals surface area contributed by atoms with Crippen molar-refractivity contribution in [2.24, 2.45) is 0 Å². The van der Waals surface area contributed by atoms with Gasteiger partial charge in [0.1, 0.15) is 11.6 Å². The normalized spacial score (nSPS) is 9.27. The maximum Gasteiger partial charge on any atom is 0.119 e. The standard InChI is InChI=1S/C11H11O3.Fe/c1-6(12)9-4-5-10(7(2)13)11(9)8(3)14;/h4-5H,1-3H3;/q-1;. The molecule has 1 rings (SSSR count). The Bertz CT molecular complexity index is 384. The Labute approximate surface area is 98.7 Å². The molecule has 1 aromatic carbocycles. The summed E-state index contributed by atoms with van der Waals surface area (Å²) in [6.07, 6.45) is 0. The molecule has 0 N–H and O–H groups in total. The minimum Gasteiger partial charge on any atom is -0.352 e. The second kappa shape index (κ2) is 5.10. The van der Waals surface area contributed by atoms with Crippen LogP contribution in [0.1, 0.15) is 51.8 Å². The summed E-state index contributed by atoms with van der Waals surface area (Å²) in [5.41, 5.74) is 0.926. The number of ketones is 3. The minimum atomic E-state index is -0.245. The average Bonchev–Trinajstić information content (AvgIpc) is 2.46. The quantitative estimate of drug-likeness (QED) is 0.466. The predicted octanol–water partition coefficient (Wildman–Crippen LogP) is 2.01. The number of rotatable bonds is 3. The van der Waals surface area contributed by atoms with E-state index in [9.17, 15) is 14.4 Å². The second-order valence-corrected chi connectivity index (χ2v) is 3.20. The summed E-state index contributed by atoms with van der Waals surface area (Å²) < 4.78 is 0. The van der Waals surface area contributed by atoms with Crippen LogP contribution in [0.5, 0.6) is 0 Å². The summed E-state index contributed by atoms with van der Waals surface area (Å²) in [7, 11) is 0. The molecule has 0 atom stereocenters. The molecule has 4 heteroatoms. The van der Waals surface area contributed by atoms with Gasteiger partial charge in [-0.15, -0.1) is 6.07 Å². The van der Waals surface area contributed by atoms with Gasteiger partial charge in [-0.05, 0) is 20.8 Å². The molecule has 0 unspecified atom stereocenters. The first kappa shape index (κ1) is 13.9. The maximum atomic E-state index is 11.3. The molecule has 0 amide bonds. The molecule has 0 heterocycles. The van der Waals surface area contributed by atoms with E-state index in [1.54, 1.807) is 0 Å². The Balaban J connectivity index is 0.00000196. The summed E-state index contributed by atoms with van der Waals surface area (Å²) in [5, 5.41) is 0. The van der Waals surface area contributed by atoms with Crippen LogP contribution in [0, 0.1) is 0 Å². The molecular weight excluding hydrogens is 236 g/mol. The zero-order chi connectivity index (χ0) is 10.9. The molecule has 0 aliphatic carbocycles. The molecule has 0 aliphatic rings. The summed E-state index contributed by atoms with van der Waals surface area (Å²) in [5.74, 6) is -0.629. The van der Waals surface area contributed by atoms with Gasteiger partial charge in [-0.25, -0.2) is 0 Å². The van der Waals surface area contributed by atoms with Crippen LogP contribution in [-0.2, 0) is 17.1 Å². The van der Waals surface area contributed by atoms with Crippen LogP contribution in [-0.4, -0.2) is 17.3 Å². The molecule has 0 saturated carbocycles. The first-order chi connectivity index (χ1) is 6.45. The van der Waals surface area contributed by atoms with Gasteiger partial charge in [-0.3, -0.25) is 0 Å². The summed E-state index contributed by atoms with van der Waals surface area (Å²) >= 11 is 0. The Morgan fingerprint density at radius 1 is 1.07 bits per heavy atom. The molecule has 0 aliphatic heterocycles. The van der Waals surface area contributed by atoms with Crippen LogP contribution < -0.4 is 0 Å². The molecule has 15 heavy (non-hydrogen) atoms. The predicted molar refractivity (Wildman–Crippen MR) is 52.0 cm³/mol. The Hall–Kier alpha value is -1.12. The largest absolute Gasteiger partial charge is 0.352 e. The van der Waals surface area contributed by atoms with Gasteiger partial charge in [-0.2, -0.15) is 6.07 Å². The monoisotopic (exact) mass is 247 g/mol. The topological polar surface area (TPSA) is 51.2 Å². The molecule has 1 aromatic rings. The van der Waals surface area contributed by atoms with Crippen LogP contribution >= 0.6 is 0 Å². The number of Topliss-reactive ketones (excluding diaryl/α,β-unsaturated/α-hetero) is 3. The Kier molecular flexibility index (Phi) is 4.72. The van der Waals surface area contributed by atoms with Crippen LogP contribution in [0.15, 0.2) is 12.1 Å². The summed E-state index contributed by atoms with van der Waals surface area (Å²) in [4.78, 5) is 33.5. The van der Waals surface area contributed by atoms with Gasteiger partial charge in [-0.1, -0.05) is 16.7 Å². The van der Waals surface area contributed by atoms with Gasteiger partial charge < -0.3 is 14.4 Å². The molecule has 0 fully saturated rings. The van der Waals surface area contributed by atoms with Crippen molar-refractivity contribution in [2.45, 2.75) is 20.8 Å². The number of carbonyl (C=O) groups excluding carboxylic acids is 3. The molecular formula is C11H11FeO3-. The first-order valence-corrected chi connectivity index (χ1v) is 4.27. The summed E-state index contributed by atoms with van der Waals surface area (Å²) in [6.45, 7) is 4.12. The van der Waals surface area contributed by atoms with E-state index < -0.39 is 0 Å². The van der Waals surface area contributed by atoms with Crippen molar-refractivity contribution in [1.82, 2.24) is 0 Å². The van der Waals surface area contributed by atoms with E-state index in [1.165, 1.54) is 32.9 Å². The third-order valence-corrected chi connectivity index (χ3v) is 2.07. The fourth-order valence-electron chi connectivity index (χ4n) is 1.44. The SMILES string of the molecule is CC(=O)c1cc[c-](C(C)=O)c1C(C)=O.[Fe]. The molecule has 3 nitrogen and oxygen atoms in total. The third-order valence-electron chi connectivity index (χ3n) is 2.07. The van der Waals surface area contributed by atoms with E-state index in [1.807, 2.05) is 0 Å². The van der Waals surface area contributed by atoms with Crippen molar-refractivity contribution >= 4 is 17.3 Å². The van der Waals surface area contributed by atoms with Gasteiger partial charge in [0.15, 0.2) is 0 Å². The van der Waals surface area contributed by atoms with Crippen LogP contribution in [0.3, 0.4) is 0 Å². The molecule has 0 saturated heterocycles. The van der Waals surface area contributed by atoms with Gasteiger partial charge in [0, 0.05) is 17.1 Å². The fourth-order valence-corrected chi connectivity index (χ4v) is 1.44. The van der Waals surface area contributed by atoms with E-state index in [0.717, 1.165) is 0 Å². The maximum absolute atomic E-state index is 11.3. The van der Waals surface area contributed by atoms with E-state index in [2.05, 4.69) is 0 Å². The number of hydrogen-bond donors (Lipinski definition) is 0. The zero-order valence-corrected chi connectivity index (χ0v) is 9.84. The number of hydrogen-bond acceptors (Lipinski definition) is 3. The van der Waals surface area contributed by atoms with Crippen LogP contribution in [0.25, 0.3) is 0 Å². The van der Waals surface area contributed by atoms with Crippen molar-refractivity contribution in [3.05, 3.63) is 28.8 Å². The van der Waals surface area contributed by atoms with Gasteiger partial charge >= 0.3 is 0 Å². The molecule has 0 bridgehead atoms. The van der Waals surface area contributed by atoms with E-state index in [4.69, 9.17) is 0 Å². The minimum absolute atomic E-state index is 0. The van der Waals surface area contributed by atoms with Gasteiger partial charge in [0.05, 0.1) is 5.78 Å². The Morgan fingerprint density at radius 3 is 1.93 bits per heavy atom. The van der Waals surface area contributed by atoms with Crippen LogP contribution in [0.2, 0.25) is 0 Å². The molecule has 0 radical (unpaired) electrons. The van der Waals surface area contributed by atoms with Crippen molar-refractivity contribution in [1.29, 1.82) is 0 Å². The summed E-state index contributed by atoms with van der Waals surface area (Å²) in [6, 6.07) is 3.05. The smallest absolute Gasteiger partial charge is 0.119 e. The average molecular weight is 247 g/mol. The van der Waals surface area contributed by atoms with Crippen molar-refractivity contribution in [2.75, 3.05) is 0 Å². The first-order valence-electron chi connectivity index (χ1n) is 4.27. The zero-order valence-electron chi connectivity index (χ0n) is 8.73. The Morgan fingerprint density at radius 2 is 1.60 bits per heavy atom. The van der Waals surface area contributed by atoms with Gasteiger partial charge in [0.2, 0.25) is 0 Å². The third kappa shape index (κ3) is 2.67. The van der Waals surface area contributed by atoms with Crippen molar-refractivity contribution in [3.63, 3.8) is 0 Å². The molecule has 82 valence electrons. The van der Waals surface area contributed by atoms with Crippen molar-refractivity contribution < 1.29 is 31.5 Å². The molecule has 0 spiro atoms. The van der Waals surface area contributed by atoms with E-state index in [0.29, 0.717) is 11.1 Å².